The molecule has 0 fully saturated rings. The van der Waals surface area contributed by atoms with Gasteiger partial charge in [-0.2, -0.15) is 13.2 Å². The Balaban J connectivity index is 0. The van der Waals surface area contributed by atoms with Crippen molar-refractivity contribution < 1.29 is 29.7 Å². The van der Waals surface area contributed by atoms with Gasteiger partial charge in [0.2, 0.25) is 0 Å². The third-order valence-electron chi connectivity index (χ3n) is 1.16. The van der Waals surface area contributed by atoms with Gasteiger partial charge in [0.15, 0.2) is 0 Å². The van der Waals surface area contributed by atoms with E-state index in [-0.39, 0.29) is 28.4 Å². The second kappa shape index (κ2) is 7.10. The van der Waals surface area contributed by atoms with Crippen LogP contribution < -0.4 is 0 Å². The van der Waals surface area contributed by atoms with E-state index < -0.39 is 12.7 Å². The molecular formula is C8H14F3N2Ni-. The van der Waals surface area contributed by atoms with Gasteiger partial charge in [0.25, 0.3) is 0 Å². The fourth-order valence-corrected chi connectivity index (χ4v) is 0.723. The summed E-state index contributed by atoms with van der Waals surface area (Å²) in [6, 6.07) is -0.00747. The molecule has 0 unspecified atom stereocenters. The Morgan fingerprint density at radius 3 is 2.14 bits per heavy atom. The van der Waals surface area contributed by atoms with Gasteiger partial charge in [-0.15, -0.1) is 0 Å². The molecule has 0 aliphatic carbocycles. The van der Waals surface area contributed by atoms with Crippen LogP contribution in [0.3, 0.4) is 0 Å². The monoisotopic (exact) mass is 253 g/mol. The Hall–Kier alpha value is -0.246. The van der Waals surface area contributed by atoms with Gasteiger partial charge in [0.05, 0.1) is 0 Å². The van der Waals surface area contributed by atoms with Crippen LogP contribution in [0.25, 0.3) is 5.32 Å². The van der Waals surface area contributed by atoms with Crippen molar-refractivity contribution in [1.82, 2.24) is 0 Å². The molecule has 0 heterocycles. The SMILES string of the molecule is CCC(=NC(C)C)[N-]CC(F)(F)F.[Ni]. The van der Waals surface area contributed by atoms with Gasteiger partial charge in [-0.25, -0.2) is 0 Å². The Bertz CT molecular complexity index is 178. The molecular weight excluding hydrogens is 240 g/mol. The van der Waals surface area contributed by atoms with Crippen molar-refractivity contribution in [2.45, 2.75) is 39.4 Å². The molecule has 2 nitrogen and oxygen atoms in total. The van der Waals surface area contributed by atoms with Crippen molar-refractivity contribution in [3.05, 3.63) is 5.32 Å². The van der Waals surface area contributed by atoms with Crippen LogP contribution in [0, 0.1) is 0 Å². The summed E-state index contributed by atoms with van der Waals surface area (Å²) in [5, 5.41) is 3.38. The van der Waals surface area contributed by atoms with Gasteiger partial charge in [-0.3, -0.25) is 0 Å². The molecule has 6 heteroatoms. The maximum Gasteiger partial charge on any atom is 0.388 e. The zero-order chi connectivity index (χ0) is 10.5. The van der Waals surface area contributed by atoms with Crippen molar-refractivity contribution >= 4 is 5.84 Å². The first-order valence-corrected chi connectivity index (χ1v) is 4.16. The molecule has 0 radical (unpaired) electrons. The first-order valence-electron chi connectivity index (χ1n) is 4.16. The van der Waals surface area contributed by atoms with E-state index in [1.54, 1.807) is 20.8 Å². The summed E-state index contributed by atoms with van der Waals surface area (Å²) in [5.41, 5.74) is 0. The standard InChI is InChI=1S/C8H14F3N2.Ni/c1-4-7(13-6(2)3)12-5-8(9,10)11;/h6H,4-5H2,1-3H3;/q-1;. The maximum absolute atomic E-state index is 11.7. The minimum Gasteiger partial charge on any atom is -0.466 e. The second-order valence-corrected chi connectivity index (χ2v) is 2.92. The average molecular weight is 254 g/mol. The molecule has 0 amide bonds. The number of hydrogen-bond donors (Lipinski definition) is 0. The van der Waals surface area contributed by atoms with Gasteiger partial charge in [0, 0.05) is 23.0 Å². The molecule has 0 aromatic heterocycles. The predicted molar refractivity (Wildman–Crippen MR) is 47.1 cm³/mol. The number of rotatable bonds is 3. The van der Waals surface area contributed by atoms with E-state index in [0.717, 1.165) is 0 Å². The summed E-state index contributed by atoms with van der Waals surface area (Å²) in [7, 11) is 0. The average Bonchev–Trinajstić information content (AvgIpc) is 1.95. The summed E-state index contributed by atoms with van der Waals surface area (Å²) in [4.78, 5) is 3.95. The second-order valence-electron chi connectivity index (χ2n) is 2.92. The van der Waals surface area contributed by atoms with Crippen LogP contribution in [-0.2, 0) is 16.5 Å². The van der Waals surface area contributed by atoms with E-state index in [1.807, 2.05) is 0 Å². The summed E-state index contributed by atoms with van der Waals surface area (Å²) in [5.74, 6) is 0.285. The van der Waals surface area contributed by atoms with Gasteiger partial charge in [-0.05, 0) is 12.5 Å². The number of amidine groups is 1. The number of halogens is 3. The summed E-state index contributed by atoms with van der Waals surface area (Å²) in [6.45, 7) is 4.21. The Morgan fingerprint density at radius 2 is 1.86 bits per heavy atom. The van der Waals surface area contributed by atoms with Gasteiger partial charge in [-0.1, -0.05) is 26.6 Å². The van der Waals surface area contributed by atoms with E-state index in [0.29, 0.717) is 6.42 Å². The molecule has 0 bridgehead atoms. The van der Waals surface area contributed by atoms with Crippen molar-refractivity contribution in [2.24, 2.45) is 4.99 Å². The third kappa shape index (κ3) is 9.84. The van der Waals surface area contributed by atoms with E-state index in [1.165, 1.54) is 0 Å². The molecule has 0 rings (SSSR count). The van der Waals surface area contributed by atoms with Crippen LogP contribution >= 0.6 is 0 Å². The molecule has 0 aromatic carbocycles. The molecule has 0 aromatic rings. The summed E-state index contributed by atoms with van der Waals surface area (Å²) in [6.07, 6.45) is -3.79. The Labute approximate surface area is 92.3 Å². The Kier molecular flexibility index (Phi) is 8.21. The fraction of sp³-hybridized carbons (Fsp3) is 0.875. The van der Waals surface area contributed by atoms with Crippen molar-refractivity contribution in [3.8, 4) is 0 Å². The van der Waals surface area contributed by atoms with Gasteiger partial charge < -0.3 is 10.3 Å². The number of nitrogens with zero attached hydrogens (tertiary/aromatic N) is 2. The zero-order valence-corrected chi connectivity index (χ0v) is 9.32. The van der Waals surface area contributed by atoms with Crippen LogP contribution in [0.4, 0.5) is 13.2 Å². The predicted octanol–water partition coefficient (Wildman–Crippen LogP) is 3.14. The fourth-order valence-electron chi connectivity index (χ4n) is 0.723. The van der Waals surface area contributed by atoms with Crippen molar-refractivity contribution in [3.63, 3.8) is 0 Å². The van der Waals surface area contributed by atoms with E-state index >= 15 is 0 Å². The number of aliphatic imine (C=N–C) groups is 1. The smallest absolute Gasteiger partial charge is 0.388 e. The number of hydrogen-bond acceptors (Lipinski definition) is 1. The molecule has 0 N–H and O–H groups in total. The first-order chi connectivity index (χ1) is 5.85. The Morgan fingerprint density at radius 1 is 1.36 bits per heavy atom. The number of alkyl halides is 3. The minimum atomic E-state index is -4.23. The normalized spacial score (nSPS) is 12.6. The largest absolute Gasteiger partial charge is 0.466 e. The maximum atomic E-state index is 11.7. The summed E-state index contributed by atoms with van der Waals surface area (Å²) >= 11 is 0. The molecule has 0 saturated carbocycles. The van der Waals surface area contributed by atoms with Crippen LogP contribution in [0.5, 0.6) is 0 Å². The third-order valence-corrected chi connectivity index (χ3v) is 1.16. The van der Waals surface area contributed by atoms with Crippen molar-refractivity contribution in [2.75, 3.05) is 6.54 Å². The molecule has 0 aliphatic rings. The zero-order valence-electron chi connectivity index (χ0n) is 8.34. The molecule has 0 atom stereocenters. The molecule has 0 spiro atoms. The topological polar surface area (TPSA) is 26.5 Å². The van der Waals surface area contributed by atoms with Gasteiger partial charge in [0.1, 0.15) is 0 Å². The molecule has 0 aliphatic heterocycles. The van der Waals surface area contributed by atoms with Crippen LogP contribution in [0.1, 0.15) is 27.2 Å². The molecule has 88 valence electrons. The van der Waals surface area contributed by atoms with Gasteiger partial charge >= 0.3 is 6.18 Å². The molecule has 14 heavy (non-hydrogen) atoms. The summed E-state index contributed by atoms with van der Waals surface area (Å²) < 4.78 is 35.2. The van der Waals surface area contributed by atoms with E-state index in [9.17, 15) is 13.2 Å². The van der Waals surface area contributed by atoms with Crippen molar-refractivity contribution in [1.29, 1.82) is 0 Å². The van der Waals surface area contributed by atoms with E-state index in [4.69, 9.17) is 0 Å². The quantitative estimate of drug-likeness (QED) is 0.420. The van der Waals surface area contributed by atoms with Crippen LogP contribution in [0.2, 0.25) is 0 Å². The minimum absolute atomic E-state index is 0. The van der Waals surface area contributed by atoms with E-state index in [2.05, 4.69) is 10.3 Å². The van der Waals surface area contributed by atoms with Crippen LogP contribution in [0.15, 0.2) is 4.99 Å². The van der Waals surface area contributed by atoms with Crippen LogP contribution in [-0.4, -0.2) is 24.6 Å². The molecule has 0 saturated heterocycles. The first kappa shape index (κ1) is 16.2.